The fraction of sp³-hybridized carbons (Fsp3) is 0.417. The second kappa shape index (κ2) is 9.27. The molecule has 1 aromatic carbocycles. The van der Waals surface area contributed by atoms with E-state index in [1.807, 2.05) is 6.92 Å². The van der Waals surface area contributed by atoms with Crippen molar-refractivity contribution in [2.75, 3.05) is 31.5 Å². The van der Waals surface area contributed by atoms with Crippen LogP contribution in [0.3, 0.4) is 0 Å². The summed E-state index contributed by atoms with van der Waals surface area (Å²) >= 11 is 0. The summed E-state index contributed by atoms with van der Waals surface area (Å²) in [5.41, 5.74) is 1.29. The van der Waals surface area contributed by atoms with Gasteiger partial charge in [-0.15, -0.1) is 6.42 Å². The predicted octanol–water partition coefficient (Wildman–Crippen LogP) is 0.969. The van der Waals surface area contributed by atoms with Crippen molar-refractivity contribution in [2.45, 2.75) is 13.3 Å². The van der Waals surface area contributed by atoms with Crippen molar-refractivity contribution >= 4 is 29.4 Å². The fourth-order valence-electron chi connectivity index (χ4n) is 4.85. The molecule has 8 heteroatoms. The Labute approximate surface area is 187 Å². The van der Waals surface area contributed by atoms with E-state index in [9.17, 15) is 14.4 Å². The molecule has 2 bridgehead atoms. The molecule has 8 nitrogen and oxygen atoms in total. The van der Waals surface area contributed by atoms with Crippen molar-refractivity contribution < 1.29 is 14.4 Å². The molecule has 3 amide bonds. The maximum atomic E-state index is 12.8. The van der Waals surface area contributed by atoms with Gasteiger partial charge in [0.2, 0.25) is 17.7 Å². The van der Waals surface area contributed by atoms with Gasteiger partial charge in [0.15, 0.2) is 5.96 Å². The molecule has 4 unspecified atom stereocenters. The Morgan fingerprint density at radius 1 is 1.19 bits per heavy atom. The van der Waals surface area contributed by atoms with Gasteiger partial charge in [0, 0.05) is 30.9 Å². The fourth-order valence-corrected chi connectivity index (χ4v) is 4.85. The van der Waals surface area contributed by atoms with E-state index in [2.05, 4.69) is 39.0 Å². The quantitative estimate of drug-likeness (QED) is 0.196. The number of amides is 3. The third-order valence-corrected chi connectivity index (χ3v) is 6.23. The molecular weight excluding hydrogens is 406 g/mol. The van der Waals surface area contributed by atoms with Crippen LogP contribution >= 0.6 is 0 Å². The third kappa shape index (κ3) is 4.24. The number of benzene rings is 1. The second-order valence-corrected chi connectivity index (χ2v) is 8.22. The van der Waals surface area contributed by atoms with E-state index in [1.165, 1.54) is 4.90 Å². The van der Waals surface area contributed by atoms with Gasteiger partial charge in [-0.2, -0.15) is 0 Å². The summed E-state index contributed by atoms with van der Waals surface area (Å²) in [5.74, 6) is 2.61. The number of nitrogens with zero attached hydrogens (tertiary/aromatic N) is 2. The zero-order valence-corrected chi connectivity index (χ0v) is 18.0. The number of aliphatic imine (C=N–C) groups is 1. The Balaban J connectivity index is 1.28. The zero-order valence-electron chi connectivity index (χ0n) is 18.0. The number of imide groups is 1. The highest BCUT2D eigenvalue weighted by Gasteiger charge is 2.58. The smallest absolute Gasteiger partial charge is 0.246 e. The number of carbonyl (C=O) groups excluding carboxylic acids is 3. The van der Waals surface area contributed by atoms with E-state index in [0.717, 1.165) is 6.42 Å². The van der Waals surface area contributed by atoms with Crippen LogP contribution in [0.15, 0.2) is 41.4 Å². The molecule has 2 fully saturated rings. The van der Waals surface area contributed by atoms with Crippen LogP contribution in [-0.4, -0.2) is 54.8 Å². The molecule has 32 heavy (non-hydrogen) atoms. The molecule has 1 aromatic rings. The van der Waals surface area contributed by atoms with Gasteiger partial charge in [-0.05, 0) is 43.4 Å². The average Bonchev–Trinajstić information content (AvgIpc) is 3.47. The molecule has 1 aliphatic heterocycles. The van der Waals surface area contributed by atoms with E-state index in [-0.39, 0.29) is 54.5 Å². The maximum Gasteiger partial charge on any atom is 0.246 e. The largest absolute Gasteiger partial charge is 0.357 e. The number of rotatable bonds is 7. The minimum atomic E-state index is -0.280. The SMILES string of the molecule is C#Cc1cccc(NC(=O)CN=C(NCC)NCCN2C(=O)C3C4C=CC(C4)C3C2=O)c1. The molecule has 0 spiro atoms. The van der Waals surface area contributed by atoms with Gasteiger partial charge in [-0.25, -0.2) is 4.99 Å². The molecule has 4 rings (SSSR count). The number of anilines is 1. The summed E-state index contributed by atoms with van der Waals surface area (Å²) in [6.07, 6.45) is 10.5. The molecular formula is C24H27N5O3. The predicted molar refractivity (Wildman–Crippen MR) is 121 cm³/mol. The summed E-state index contributed by atoms with van der Waals surface area (Å²) in [7, 11) is 0. The number of nitrogens with one attached hydrogen (secondary N) is 3. The highest BCUT2D eigenvalue weighted by atomic mass is 16.2. The molecule has 2 aliphatic carbocycles. The van der Waals surface area contributed by atoms with Crippen LogP contribution in [0.4, 0.5) is 5.69 Å². The Bertz CT molecular complexity index is 995. The van der Waals surface area contributed by atoms with E-state index in [0.29, 0.717) is 30.3 Å². The highest BCUT2D eigenvalue weighted by Crippen LogP contribution is 2.52. The van der Waals surface area contributed by atoms with Gasteiger partial charge in [0.05, 0.1) is 11.8 Å². The average molecular weight is 434 g/mol. The minimum absolute atomic E-state index is 0.0610. The Morgan fingerprint density at radius 2 is 1.91 bits per heavy atom. The van der Waals surface area contributed by atoms with Crippen LogP contribution in [0.2, 0.25) is 0 Å². The second-order valence-electron chi connectivity index (χ2n) is 8.22. The summed E-state index contributed by atoms with van der Waals surface area (Å²) in [6.45, 7) is 3.08. The van der Waals surface area contributed by atoms with Gasteiger partial charge in [-0.1, -0.05) is 24.1 Å². The van der Waals surface area contributed by atoms with Crippen LogP contribution < -0.4 is 16.0 Å². The number of hydrogen-bond donors (Lipinski definition) is 3. The topological polar surface area (TPSA) is 103 Å². The number of allylic oxidation sites excluding steroid dienone is 2. The summed E-state index contributed by atoms with van der Waals surface area (Å²) in [6, 6.07) is 7.03. The van der Waals surface area contributed by atoms with Crippen molar-refractivity contribution in [2.24, 2.45) is 28.7 Å². The molecule has 0 aromatic heterocycles. The molecule has 1 saturated heterocycles. The Hall–Kier alpha value is -3.60. The molecule has 3 N–H and O–H groups in total. The van der Waals surface area contributed by atoms with Crippen LogP contribution in [0.1, 0.15) is 18.9 Å². The van der Waals surface area contributed by atoms with E-state index in [4.69, 9.17) is 6.42 Å². The number of fused-ring (bicyclic) bond motifs is 5. The molecule has 1 saturated carbocycles. The lowest BCUT2D eigenvalue weighted by Gasteiger charge is -2.18. The zero-order chi connectivity index (χ0) is 22.7. The highest BCUT2D eigenvalue weighted by molar-refractivity contribution is 6.06. The minimum Gasteiger partial charge on any atom is -0.357 e. The van der Waals surface area contributed by atoms with Crippen molar-refractivity contribution in [1.82, 2.24) is 15.5 Å². The molecule has 1 heterocycles. The standard InChI is InChI=1S/C24H27N5O3/c1-3-15-6-5-7-18(12-15)28-19(30)14-27-24(25-4-2)26-10-11-29-22(31)20-16-8-9-17(13-16)21(20)23(29)32/h1,5-9,12,16-17,20-21H,4,10-11,13-14H2,2H3,(H,28,30)(H2,25,26,27). The number of hydrogen-bond acceptors (Lipinski definition) is 4. The molecule has 3 aliphatic rings. The molecule has 166 valence electrons. The van der Waals surface area contributed by atoms with Crippen LogP contribution in [0.5, 0.6) is 0 Å². The van der Waals surface area contributed by atoms with Gasteiger partial charge in [0.1, 0.15) is 6.54 Å². The van der Waals surface area contributed by atoms with Gasteiger partial charge < -0.3 is 16.0 Å². The molecule has 0 radical (unpaired) electrons. The number of carbonyl (C=O) groups is 3. The summed E-state index contributed by atoms with van der Waals surface area (Å²) < 4.78 is 0. The lowest BCUT2D eigenvalue weighted by atomic mass is 9.85. The first-order valence-electron chi connectivity index (χ1n) is 10.9. The van der Waals surface area contributed by atoms with E-state index >= 15 is 0 Å². The van der Waals surface area contributed by atoms with Crippen molar-refractivity contribution in [3.63, 3.8) is 0 Å². The van der Waals surface area contributed by atoms with Gasteiger partial charge in [0.25, 0.3) is 0 Å². The van der Waals surface area contributed by atoms with E-state index < -0.39 is 0 Å². The monoisotopic (exact) mass is 433 g/mol. The number of guanidine groups is 1. The third-order valence-electron chi connectivity index (χ3n) is 6.23. The van der Waals surface area contributed by atoms with Crippen molar-refractivity contribution in [3.05, 3.63) is 42.0 Å². The normalized spacial score (nSPS) is 25.6. The van der Waals surface area contributed by atoms with Crippen molar-refractivity contribution in [1.29, 1.82) is 0 Å². The lowest BCUT2D eigenvalue weighted by Crippen LogP contribution is -2.44. The van der Waals surface area contributed by atoms with Gasteiger partial charge >= 0.3 is 0 Å². The summed E-state index contributed by atoms with van der Waals surface area (Å²) in [4.78, 5) is 43.4. The number of terminal acetylenes is 1. The van der Waals surface area contributed by atoms with Crippen LogP contribution in [0.25, 0.3) is 0 Å². The molecule has 4 atom stereocenters. The van der Waals surface area contributed by atoms with Gasteiger partial charge in [-0.3, -0.25) is 19.3 Å². The van der Waals surface area contributed by atoms with Crippen LogP contribution in [-0.2, 0) is 14.4 Å². The maximum absolute atomic E-state index is 12.8. The Kier molecular flexibility index (Phi) is 6.26. The first-order valence-corrected chi connectivity index (χ1v) is 10.9. The van der Waals surface area contributed by atoms with E-state index in [1.54, 1.807) is 24.3 Å². The summed E-state index contributed by atoms with van der Waals surface area (Å²) in [5, 5.41) is 8.93. The van der Waals surface area contributed by atoms with Crippen molar-refractivity contribution in [3.8, 4) is 12.3 Å². The number of likely N-dealkylation sites (tertiary alicyclic amines) is 1. The first-order chi connectivity index (χ1) is 15.5. The Morgan fingerprint density at radius 3 is 2.56 bits per heavy atom. The van der Waals surface area contributed by atoms with Crippen LogP contribution in [0, 0.1) is 36.0 Å². The first kappa shape index (κ1) is 21.6. The lowest BCUT2D eigenvalue weighted by molar-refractivity contribution is -0.140.